The second-order valence-electron chi connectivity index (χ2n) is 4.71. The summed E-state index contributed by atoms with van der Waals surface area (Å²) < 4.78 is 12.4. The molecule has 0 bridgehead atoms. The number of hydrogen-bond donors (Lipinski definition) is 1. The molecule has 1 fully saturated rings. The maximum absolute atomic E-state index is 12.4. The van der Waals surface area contributed by atoms with Crippen LogP contribution >= 0.6 is 0 Å². The Kier molecular flexibility index (Phi) is 3.15. The van der Waals surface area contributed by atoms with Crippen LogP contribution in [0.4, 0.5) is 10.1 Å². The number of alkyl halides is 1. The Labute approximate surface area is 95.7 Å². The van der Waals surface area contributed by atoms with Crippen molar-refractivity contribution < 1.29 is 9.50 Å². The highest BCUT2D eigenvalue weighted by Gasteiger charge is 2.35. The molecule has 1 N–H and O–H groups in total. The first kappa shape index (κ1) is 11.4. The summed E-state index contributed by atoms with van der Waals surface area (Å²) in [4.78, 5) is 2.22. The van der Waals surface area contributed by atoms with Crippen molar-refractivity contribution in [3.05, 3.63) is 29.8 Å². The van der Waals surface area contributed by atoms with Crippen LogP contribution in [-0.4, -0.2) is 23.8 Å². The third-order valence-corrected chi connectivity index (χ3v) is 3.49. The van der Waals surface area contributed by atoms with Gasteiger partial charge in [-0.25, -0.2) is 4.39 Å². The molecule has 0 amide bonds. The lowest BCUT2D eigenvalue weighted by Crippen LogP contribution is -2.44. The number of aliphatic hydroxyl groups excluding tert-OH is 1. The van der Waals surface area contributed by atoms with Gasteiger partial charge in [-0.15, -0.1) is 0 Å². The molecule has 1 atom stereocenters. The minimum atomic E-state index is -0.419. The first-order valence-electron chi connectivity index (χ1n) is 5.73. The van der Waals surface area contributed by atoms with Gasteiger partial charge in [0.15, 0.2) is 0 Å². The van der Waals surface area contributed by atoms with Gasteiger partial charge in [-0.3, -0.25) is 0 Å². The van der Waals surface area contributed by atoms with Crippen LogP contribution in [0.15, 0.2) is 24.3 Å². The van der Waals surface area contributed by atoms with Gasteiger partial charge in [0, 0.05) is 12.2 Å². The number of anilines is 1. The van der Waals surface area contributed by atoms with Crippen LogP contribution in [0.3, 0.4) is 0 Å². The van der Waals surface area contributed by atoms with Gasteiger partial charge < -0.3 is 10.0 Å². The van der Waals surface area contributed by atoms with E-state index in [4.69, 9.17) is 0 Å². The van der Waals surface area contributed by atoms with Gasteiger partial charge >= 0.3 is 0 Å². The molecule has 0 radical (unpaired) electrons. The van der Waals surface area contributed by atoms with Crippen LogP contribution in [0.5, 0.6) is 0 Å². The molecule has 1 aromatic rings. The van der Waals surface area contributed by atoms with E-state index in [2.05, 4.69) is 11.8 Å². The van der Waals surface area contributed by atoms with Gasteiger partial charge in [-0.1, -0.05) is 12.1 Å². The Morgan fingerprint density at radius 3 is 2.62 bits per heavy atom. The van der Waals surface area contributed by atoms with Crippen molar-refractivity contribution in [3.8, 4) is 0 Å². The Morgan fingerprint density at radius 1 is 1.38 bits per heavy atom. The smallest absolute Gasteiger partial charge is 0.115 e. The summed E-state index contributed by atoms with van der Waals surface area (Å²) in [5.41, 5.74) is 1.62. The summed E-state index contributed by atoms with van der Waals surface area (Å²) in [6.45, 7) is 2.78. The third-order valence-electron chi connectivity index (χ3n) is 3.49. The van der Waals surface area contributed by atoms with Crippen molar-refractivity contribution in [2.45, 2.75) is 32.0 Å². The van der Waals surface area contributed by atoms with Crippen LogP contribution < -0.4 is 4.90 Å². The molecule has 0 spiro atoms. The number of nitrogens with zero attached hydrogens (tertiary/aromatic N) is 1. The molecule has 0 unspecified atom stereocenters. The van der Waals surface area contributed by atoms with E-state index >= 15 is 0 Å². The van der Waals surface area contributed by atoms with E-state index in [9.17, 15) is 9.50 Å². The fraction of sp³-hybridized carbons (Fsp3) is 0.538. The lowest BCUT2D eigenvalue weighted by molar-refractivity contribution is 0.210. The van der Waals surface area contributed by atoms with Gasteiger partial charge in [-0.05, 0) is 37.5 Å². The molecule has 1 heterocycles. The molecule has 88 valence electrons. The molecule has 16 heavy (non-hydrogen) atoms. The van der Waals surface area contributed by atoms with Crippen molar-refractivity contribution in [1.29, 1.82) is 0 Å². The fourth-order valence-corrected chi connectivity index (χ4v) is 2.39. The average molecular weight is 223 g/mol. The van der Waals surface area contributed by atoms with Crippen molar-refractivity contribution >= 4 is 5.69 Å². The predicted molar refractivity (Wildman–Crippen MR) is 63.3 cm³/mol. The largest absolute Gasteiger partial charge is 0.394 e. The lowest BCUT2D eigenvalue weighted by atomic mass is 10.00. The maximum atomic E-state index is 12.4. The van der Waals surface area contributed by atoms with Crippen LogP contribution in [0, 0.1) is 0 Å². The van der Waals surface area contributed by atoms with E-state index < -0.39 is 6.67 Å². The van der Waals surface area contributed by atoms with E-state index in [0.717, 1.165) is 25.1 Å². The monoisotopic (exact) mass is 223 g/mol. The van der Waals surface area contributed by atoms with E-state index in [1.54, 1.807) is 0 Å². The first-order valence-corrected chi connectivity index (χ1v) is 5.73. The predicted octanol–water partition coefficient (Wildman–Crippen LogP) is 2.51. The molecule has 2 rings (SSSR count). The Hall–Kier alpha value is -1.09. The minimum Gasteiger partial charge on any atom is -0.394 e. The van der Waals surface area contributed by atoms with Crippen molar-refractivity contribution in [2.75, 3.05) is 18.1 Å². The third kappa shape index (κ3) is 1.92. The van der Waals surface area contributed by atoms with Gasteiger partial charge in [0.2, 0.25) is 0 Å². The standard InChI is InChI=1S/C13H18FNO/c1-13(10-16)7-2-8-15(13)12-5-3-11(9-14)4-6-12/h3-6,16H,2,7-10H2,1H3/t13-/m0/s1. The SMILES string of the molecule is C[C@@]1(CO)CCCN1c1ccc(CF)cc1. The second kappa shape index (κ2) is 4.42. The molecular formula is C13H18FNO. The molecular weight excluding hydrogens is 205 g/mol. The van der Waals surface area contributed by atoms with E-state index in [1.165, 1.54) is 0 Å². The zero-order valence-electron chi connectivity index (χ0n) is 9.62. The van der Waals surface area contributed by atoms with E-state index in [1.807, 2.05) is 24.3 Å². The molecule has 1 saturated heterocycles. The van der Waals surface area contributed by atoms with Crippen LogP contribution in [-0.2, 0) is 6.67 Å². The van der Waals surface area contributed by atoms with Crippen LogP contribution in [0.2, 0.25) is 0 Å². The number of hydrogen-bond acceptors (Lipinski definition) is 2. The zero-order valence-corrected chi connectivity index (χ0v) is 9.62. The van der Waals surface area contributed by atoms with Gasteiger partial charge in [0.05, 0.1) is 12.1 Å². The summed E-state index contributed by atoms with van der Waals surface area (Å²) in [7, 11) is 0. The van der Waals surface area contributed by atoms with Crippen molar-refractivity contribution in [1.82, 2.24) is 0 Å². The molecule has 1 aliphatic heterocycles. The van der Waals surface area contributed by atoms with Crippen molar-refractivity contribution in [3.63, 3.8) is 0 Å². The van der Waals surface area contributed by atoms with Gasteiger partial charge in [0.25, 0.3) is 0 Å². The zero-order chi connectivity index (χ0) is 11.6. The number of halogens is 1. The molecule has 1 aromatic carbocycles. The molecule has 2 nitrogen and oxygen atoms in total. The highest BCUT2D eigenvalue weighted by Crippen LogP contribution is 2.33. The average Bonchev–Trinajstić information content (AvgIpc) is 2.72. The summed E-state index contributed by atoms with van der Waals surface area (Å²) in [6.07, 6.45) is 2.11. The van der Waals surface area contributed by atoms with E-state index in [0.29, 0.717) is 5.56 Å². The maximum Gasteiger partial charge on any atom is 0.115 e. The number of aliphatic hydroxyl groups is 1. The molecule has 0 saturated carbocycles. The minimum absolute atomic E-state index is 0.156. The molecule has 0 aromatic heterocycles. The number of benzene rings is 1. The lowest BCUT2D eigenvalue weighted by Gasteiger charge is -2.35. The Balaban J connectivity index is 2.23. The summed E-state index contributed by atoms with van der Waals surface area (Å²) >= 11 is 0. The Bertz CT molecular complexity index is 351. The van der Waals surface area contributed by atoms with Crippen LogP contribution in [0.1, 0.15) is 25.3 Å². The highest BCUT2D eigenvalue weighted by molar-refractivity contribution is 5.51. The van der Waals surface area contributed by atoms with Gasteiger partial charge in [-0.2, -0.15) is 0 Å². The highest BCUT2D eigenvalue weighted by atomic mass is 19.1. The molecule has 0 aliphatic carbocycles. The molecule has 1 aliphatic rings. The number of rotatable bonds is 3. The summed E-state index contributed by atoms with van der Waals surface area (Å²) in [6, 6.07) is 7.50. The quantitative estimate of drug-likeness (QED) is 0.851. The molecule has 3 heteroatoms. The normalized spacial score (nSPS) is 25.1. The van der Waals surface area contributed by atoms with Crippen LogP contribution in [0.25, 0.3) is 0 Å². The Morgan fingerprint density at radius 2 is 2.06 bits per heavy atom. The van der Waals surface area contributed by atoms with E-state index in [-0.39, 0.29) is 12.1 Å². The fourth-order valence-electron chi connectivity index (χ4n) is 2.39. The summed E-state index contributed by atoms with van der Waals surface area (Å²) in [5, 5.41) is 9.46. The second-order valence-corrected chi connectivity index (χ2v) is 4.71. The first-order chi connectivity index (χ1) is 7.69. The van der Waals surface area contributed by atoms with Crippen molar-refractivity contribution in [2.24, 2.45) is 0 Å². The topological polar surface area (TPSA) is 23.5 Å². The van der Waals surface area contributed by atoms with Gasteiger partial charge in [0.1, 0.15) is 6.67 Å². The summed E-state index contributed by atoms with van der Waals surface area (Å²) in [5.74, 6) is 0.